The van der Waals surface area contributed by atoms with Gasteiger partial charge in [-0.05, 0) is 18.8 Å². The highest BCUT2D eigenvalue weighted by molar-refractivity contribution is 7.89. The molecule has 0 bridgehead atoms. The predicted molar refractivity (Wildman–Crippen MR) is 71.9 cm³/mol. The third kappa shape index (κ3) is 2.57. The number of nitrogens with zero attached hydrogens (tertiary/aromatic N) is 2. The molecule has 0 radical (unpaired) electrons. The highest BCUT2D eigenvalue weighted by Crippen LogP contribution is 2.30. The van der Waals surface area contributed by atoms with Crippen LogP contribution in [0.3, 0.4) is 0 Å². The maximum absolute atomic E-state index is 12.6. The summed E-state index contributed by atoms with van der Waals surface area (Å²) in [6.45, 7) is 2.03. The van der Waals surface area contributed by atoms with E-state index in [4.69, 9.17) is 5.11 Å². The molecule has 1 saturated carbocycles. The predicted octanol–water partition coefficient (Wildman–Crippen LogP) is 1.31. The van der Waals surface area contributed by atoms with E-state index in [2.05, 4.69) is 10.2 Å². The van der Waals surface area contributed by atoms with Crippen molar-refractivity contribution in [2.75, 3.05) is 7.05 Å². The van der Waals surface area contributed by atoms with E-state index >= 15 is 0 Å². The van der Waals surface area contributed by atoms with Gasteiger partial charge in [-0.2, -0.15) is 9.40 Å². The minimum Gasteiger partial charge on any atom is -0.478 e. The summed E-state index contributed by atoms with van der Waals surface area (Å²) in [5.41, 5.74) is -0.319. The van der Waals surface area contributed by atoms with Crippen LogP contribution in [0.5, 0.6) is 0 Å². The van der Waals surface area contributed by atoms with Crippen molar-refractivity contribution in [3.8, 4) is 0 Å². The maximum atomic E-state index is 12.6. The van der Waals surface area contributed by atoms with Gasteiger partial charge in [0, 0.05) is 13.1 Å². The van der Waals surface area contributed by atoms with Crippen LogP contribution in [0.25, 0.3) is 0 Å². The van der Waals surface area contributed by atoms with Gasteiger partial charge in [-0.15, -0.1) is 0 Å². The number of sulfonamides is 1. The van der Waals surface area contributed by atoms with Crippen molar-refractivity contribution in [2.45, 2.75) is 43.7 Å². The average molecular weight is 301 g/mol. The molecule has 2 N–H and O–H groups in total. The lowest BCUT2D eigenvalue weighted by atomic mass is 9.86. The number of carbonyl (C=O) groups is 1. The number of aromatic nitrogens is 2. The summed E-state index contributed by atoms with van der Waals surface area (Å²) in [6.07, 6.45) is 4.90. The van der Waals surface area contributed by atoms with Gasteiger partial charge in [0.1, 0.15) is 5.56 Å². The number of aromatic carboxylic acids is 1. The summed E-state index contributed by atoms with van der Waals surface area (Å²) in [4.78, 5) is 11.0. The minimum absolute atomic E-state index is 0.0984. The van der Waals surface area contributed by atoms with Crippen molar-refractivity contribution in [2.24, 2.45) is 5.92 Å². The van der Waals surface area contributed by atoms with E-state index in [0.29, 0.717) is 0 Å². The quantitative estimate of drug-likeness (QED) is 0.872. The van der Waals surface area contributed by atoms with E-state index in [1.54, 1.807) is 0 Å². The summed E-state index contributed by atoms with van der Waals surface area (Å²) in [5.74, 6) is -1.04. The van der Waals surface area contributed by atoms with Crippen molar-refractivity contribution in [1.29, 1.82) is 0 Å². The Hall–Kier alpha value is -1.41. The molecule has 0 aliphatic heterocycles. The molecule has 20 heavy (non-hydrogen) atoms. The molecule has 1 aromatic rings. The van der Waals surface area contributed by atoms with Gasteiger partial charge in [-0.25, -0.2) is 13.2 Å². The fourth-order valence-corrected chi connectivity index (χ4v) is 4.33. The Morgan fingerprint density at radius 1 is 1.45 bits per heavy atom. The number of rotatable bonds is 4. The van der Waals surface area contributed by atoms with Gasteiger partial charge in [-0.1, -0.05) is 19.8 Å². The molecule has 8 heteroatoms. The van der Waals surface area contributed by atoms with Crippen molar-refractivity contribution >= 4 is 16.0 Å². The Labute approximate surface area is 118 Å². The van der Waals surface area contributed by atoms with E-state index < -0.39 is 16.0 Å². The van der Waals surface area contributed by atoms with E-state index in [1.807, 2.05) is 6.92 Å². The summed E-state index contributed by atoms with van der Waals surface area (Å²) in [7, 11) is -2.36. The monoisotopic (exact) mass is 301 g/mol. The Balaban J connectivity index is 2.34. The molecule has 0 saturated heterocycles. The van der Waals surface area contributed by atoms with Crippen molar-refractivity contribution in [1.82, 2.24) is 14.5 Å². The van der Waals surface area contributed by atoms with Crippen LogP contribution in [-0.4, -0.2) is 47.1 Å². The van der Waals surface area contributed by atoms with Crippen LogP contribution < -0.4 is 0 Å². The van der Waals surface area contributed by atoms with Gasteiger partial charge < -0.3 is 5.11 Å². The summed E-state index contributed by atoms with van der Waals surface area (Å²) in [5, 5.41) is 14.5. The Morgan fingerprint density at radius 2 is 2.10 bits per heavy atom. The highest BCUT2D eigenvalue weighted by Gasteiger charge is 2.36. The summed E-state index contributed by atoms with van der Waals surface area (Å²) in [6, 6.07) is -0.0984. The fourth-order valence-electron chi connectivity index (χ4n) is 2.78. The number of hydrogen-bond acceptors (Lipinski definition) is 4. The van der Waals surface area contributed by atoms with Crippen LogP contribution in [0.15, 0.2) is 11.2 Å². The van der Waals surface area contributed by atoms with Crippen molar-refractivity contribution < 1.29 is 18.3 Å². The third-order valence-corrected chi connectivity index (χ3v) is 5.86. The molecule has 0 aromatic carbocycles. The van der Waals surface area contributed by atoms with E-state index in [-0.39, 0.29) is 22.5 Å². The molecule has 0 amide bonds. The molecule has 1 heterocycles. The normalized spacial score (nSPS) is 23.9. The second-order valence-corrected chi connectivity index (χ2v) is 7.20. The van der Waals surface area contributed by atoms with Crippen LogP contribution in [-0.2, 0) is 10.0 Å². The number of aromatic amines is 1. The third-order valence-electron chi connectivity index (χ3n) is 4.01. The molecule has 1 aromatic heterocycles. The largest absolute Gasteiger partial charge is 0.478 e. The standard InChI is InChI=1S/C12H19N3O4S/c1-8-5-3-4-6-10(8)15(2)20(18,19)11-9(12(16)17)7-13-14-11/h7-8,10H,3-6H2,1-2H3,(H,13,14)(H,16,17). The van der Waals surface area contributed by atoms with Crippen LogP contribution in [0.4, 0.5) is 0 Å². The fraction of sp³-hybridized carbons (Fsp3) is 0.667. The summed E-state index contributed by atoms with van der Waals surface area (Å²) >= 11 is 0. The van der Waals surface area contributed by atoms with Crippen LogP contribution in [0.1, 0.15) is 43.0 Å². The molecule has 7 nitrogen and oxygen atoms in total. The lowest BCUT2D eigenvalue weighted by molar-refractivity contribution is 0.0692. The number of carboxylic acid groups (broad SMARTS) is 1. The zero-order chi connectivity index (χ0) is 14.9. The Bertz CT molecular complexity index is 596. The first-order valence-corrected chi connectivity index (χ1v) is 8.04. The van der Waals surface area contributed by atoms with Gasteiger partial charge in [-0.3, -0.25) is 5.10 Å². The first kappa shape index (κ1) is 15.0. The molecule has 2 unspecified atom stereocenters. The molecule has 1 aliphatic rings. The van der Waals surface area contributed by atoms with E-state index in [9.17, 15) is 13.2 Å². The van der Waals surface area contributed by atoms with E-state index in [0.717, 1.165) is 31.9 Å². The van der Waals surface area contributed by atoms with Gasteiger partial charge in [0.15, 0.2) is 5.03 Å². The van der Waals surface area contributed by atoms with Gasteiger partial charge in [0.2, 0.25) is 0 Å². The first-order chi connectivity index (χ1) is 9.35. The zero-order valence-electron chi connectivity index (χ0n) is 11.5. The molecule has 1 aliphatic carbocycles. The molecule has 1 fully saturated rings. The lowest BCUT2D eigenvalue weighted by Gasteiger charge is -2.35. The highest BCUT2D eigenvalue weighted by atomic mass is 32.2. The van der Waals surface area contributed by atoms with Crippen LogP contribution in [0, 0.1) is 5.92 Å². The van der Waals surface area contributed by atoms with Crippen molar-refractivity contribution in [3.63, 3.8) is 0 Å². The smallest absolute Gasteiger partial charge is 0.340 e. The van der Waals surface area contributed by atoms with E-state index in [1.165, 1.54) is 11.4 Å². The summed E-state index contributed by atoms with van der Waals surface area (Å²) < 4.78 is 26.4. The topological polar surface area (TPSA) is 103 Å². The van der Waals surface area contributed by atoms with Crippen LogP contribution in [0.2, 0.25) is 0 Å². The Kier molecular flexibility index (Phi) is 4.14. The second-order valence-electron chi connectivity index (χ2n) is 5.27. The SMILES string of the molecule is CC1CCCCC1N(C)S(=O)(=O)c1[nH]ncc1C(=O)O. The molecular weight excluding hydrogens is 282 g/mol. The molecule has 2 atom stereocenters. The number of carboxylic acids is 1. The minimum atomic E-state index is -3.87. The molecular formula is C12H19N3O4S. The van der Waals surface area contributed by atoms with Gasteiger partial charge in [0.05, 0.1) is 6.20 Å². The number of H-pyrrole nitrogens is 1. The first-order valence-electron chi connectivity index (χ1n) is 6.60. The molecule has 2 rings (SSSR count). The second kappa shape index (κ2) is 5.53. The van der Waals surface area contributed by atoms with Gasteiger partial charge >= 0.3 is 5.97 Å². The number of nitrogens with one attached hydrogen (secondary N) is 1. The lowest BCUT2D eigenvalue weighted by Crippen LogP contribution is -2.43. The maximum Gasteiger partial charge on any atom is 0.340 e. The number of hydrogen-bond donors (Lipinski definition) is 2. The Morgan fingerprint density at radius 3 is 2.70 bits per heavy atom. The average Bonchev–Trinajstić information content (AvgIpc) is 2.88. The molecule has 112 valence electrons. The van der Waals surface area contributed by atoms with Crippen LogP contribution >= 0.6 is 0 Å². The van der Waals surface area contributed by atoms with Crippen molar-refractivity contribution in [3.05, 3.63) is 11.8 Å². The molecule has 0 spiro atoms. The zero-order valence-corrected chi connectivity index (χ0v) is 12.4. The van der Waals surface area contributed by atoms with Gasteiger partial charge in [0.25, 0.3) is 10.0 Å².